The van der Waals surface area contributed by atoms with E-state index in [0.29, 0.717) is 5.39 Å². The number of thioether (sulfide) groups is 1. The van der Waals surface area contributed by atoms with E-state index in [1.54, 1.807) is 6.07 Å². The van der Waals surface area contributed by atoms with E-state index in [1.807, 2.05) is 17.8 Å². The van der Waals surface area contributed by atoms with Crippen molar-refractivity contribution in [1.29, 1.82) is 0 Å². The molecular weight excluding hydrogens is 350 g/mol. The second-order valence-corrected chi connectivity index (χ2v) is 7.69. The second-order valence-electron chi connectivity index (χ2n) is 5.48. The topological polar surface area (TPSA) is 71.8 Å². The molecule has 6 heteroatoms. The van der Waals surface area contributed by atoms with Gasteiger partial charge in [-0.1, -0.05) is 35.2 Å². The van der Waals surface area contributed by atoms with Gasteiger partial charge in [-0.2, -0.15) is 11.8 Å². The molecule has 112 valence electrons. The third-order valence-electron chi connectivity index (χ3n) is 3.90. The van der Waals surface area contributed by atoms with Gasteiger partial charge in [-0.15, -0.1) is 0 Å². The standard InChI is InChI=1S/C15H18BrN3OS/c16-10-6-9(8-21-11-4-2-1-3-5-11)13-12(7-10)14(20)19-15(17)18-13/h6-7,11H,1-5,8H2,(H3,17,18,19,20). The average molecular weight is 368 g/mol. The summed E-state index contributed by atoms with van der Waals surface area (Å²) in [5.74, 6) is 1.05. The largest absolute Gasteiger partial charge is 0.369 e. The van der Waals surface area contributed by atoms with E-state index >= 15 is 0 Å². The summed E-state index contributed by atoms with van der Waals surface area (Å²) in [4.78, 5) is 18.9. The van der Waals surface area contributed by atoms with Crippen molar-refractivity contribution in [3.63, 3.8) is 0 Å². The van der Waals surface area contributed by atoms with Crippen molar-refractivity contribution in [1.82, 2.24) is 9.97 Å². The van der Waals surface area contributed by atoms with E-state index in [1.165, 1.54) is 32.1 Å². The van der Waals surface area contributed by atoms with Gasteiger partial charge < -0.3 is 5.73 Å². The molecule has 1 saturated carbocycles. The smallest absolute Gasteiger partial charge is 0.260 e. The number of hydrogen-bond donors (Lipinski definition) is 2. The van der Waals surface area contributed by atoms with Crippen molar-refractivity contribution in [2.45, 2.75) is 43.1 Å². The Morgan fingerprint density at radius 2 is 2.10 bits per heavy atom. The predicted molar refractivity (Wildman–Crippen MR) is 92.6 cm³/mol. The summed E-state index contributed by atoms with van der Waals surface area (Å²) in [6.45, 7) is 0. The van der Waals surface area contributed by atoms with Crippen molar-refractivity contribution >= 4 is 44.5 Å². The molecule has 1 aromatic carbocycles. The maximum absolute atomic E-state index is 12.0. The van der Waals surface area contributed by atoms with Gasteiger partial charge in [-0.25, -0.2) is 4.98 Å². The minimum atomic E-state index is -0.178. The molecule has 3 rings (SSSR count). The van der Waals surface area contributed by atoms with E-state index in [2.05, 4.69) is 25.9 Å². The van der Waals surface area contributed by atoms with E-state index in [0.717, 1.165) is 26.6 Å². The van der Waals surface area contributed by atoms with Gasteiger partial charge in [-0.05, 0) is 30.5 Å². The van der Waals surface area contributed by atoms with Gasteiger partial charge in [0.05, 0.1) is 10.9 Å². The predicted octanol–water partition coefficient (Wildman–Crippen LogP) is 3.83. The number of nitrogens with zero attached hydrogens (tertiary/aromatic N) is 1. The van der Waals surface area contributed by atoms with Crippen LogP contribution in [0.4, 0.5) is 5.95 Å². The molecule has 1 aromatic heterocycles. The Morgan fingerprint density at radius 3 is 2.86 bits per heavy atom. The molecule has 0 aliphatic heterocycles. The van der Waals surface area contributed by atoms with Crippen LogP contribution in [-0.4, -0.2) is 15.2 Å². The molecule has 2 aromatic rings. The SMILES string of the molecule is Nc1nc2c(CSC3CCCCC3)cc(Br)cc2c(=O)[nH]1. The van der Waals surface area contributed by atoms with E-state index in [9.17, 15) is 4.79 Å². The lowest BCUT2D eigenvalue weighted by atomic mass is 10.0. The zero-order chi connectivity index (χ0) is 14.8. The highest BCUT2D eigenvalue weighted by atomic mass is 79.9. The van der Waals surface area contributed by atoms with Crippen molar-refractivity contribution in [3.8, 4) is 0 Å². The van der Waals surface area contributed by atoms with Gasteiger partial charge in [-0.3, -0.25) is 9.78 Å². The maximum Gasteiger partial charge on any atom is 0.260 e. The molecule has 4 nitrogen and oxygen atoms in total. The van der Waals surface area contributed by atoms with Crippen LogP contribution in [0.5, 0.6) is 0 Å². The summed E-state index contributed by atoms with van der Waals surface area (Å²) >= 11 is 5.45. The molecule has 21 heavy (non-hydrogen) atoms. The highest BCUT2D eigenvalue weighted by molar-refractivity contribution is 9.10. The Bertz CT molecular complexity index is 710. The van der Waals surface area contributed by atoms with Gasteiger partial charge in [0.15, 0.2) is 0 Å². The lowest BCUT2D eigenvalue weighted by Crippen LogP contribution is -2.12. The summed E-state index contributed by atoms with van der Waals surface area (Å²) in [6, 6.07) is 3.85. The van der Waals surface area contributed by atoms with Crippen LogP contribution in [0.15, 0.2) is 21.4 Å². The van der Waals surface area contributed by atoms with Crippen LogP contribution < -0.4 is 11.3 Å². The first-order valence-corrected chi connectivity index (χ1v) is 9.07. The fraction of sp³-hybridized carbons (Fsp3) is 0.467. The zero-order valence-electron chi connectivity index (χ0n) is 11.7. The van der Waals surface area contributed by atoms with Gasteiger partial charge in [0.25, 0.3) is 5.56 Å². The fourth-order valence-electron chi connectivity index (χ4n) is 2.84. The first-order chi connectivity index (χ1) is 10.1. The lowest BCUT2D eigenvalue weighted by Gasteiger charge is -2.21. The van der Waals surface area contributed by atoms with Gasteiger partial charge in [0.1, 0.15) is 0 Å². The molecule has 1 aliphatic rings. The number of nitrogens with one attached hydrogen (secondary N) is 1. The number of halogens is 1. The summed E-state index contributed by atoms with van der Waals surface area (Å²) in [7, 11) is 0. The summed E-state index contributed by atoms with van der Waals surface area (Å²) in [6.07, 6.45) is 6.63. The number of anilines is 1. The number of H-pyrrole nitrogens is 1. The Kier molecular flexibility index (Phi) is 4.54. The molecule has 0 bridgehead atoms. The number of hydrogen-bond acceptors (Lipinski definition) is 4. The van der Waals surface area contributed by atoms with Crippen LogP contribution in [0, 0.1) is 0 Å². The molecule has 0 spiro atoms. The lowest BCUT2D eigenvalue weighted by molar-refractivity contribution is 0.516. The molecule has 0 amide bonds. The number of benzene rings is 1. The van der Waals surface area contributed by atoms with Crippen LogP contribution in [0.3, 0.4) is 0 Å². The number of nitrogens with two attached hydrogens (primary N) is 1. The van der Waals surface area contributed by atoms with Crippen LogP contribution >= 0.6 is 27.7 Å². The molecule has 3 N–H and O–H groups in total. The average Bonchev–Trinajstić information content (AvgIpc) is 2.47. The third kappa shape index (κ3) is 3.43. The highest BCUT2D eigenvalue weighted by Crippen LogP contribution is 2.32. The van der Waals surface area contributed by atoms with E-state index in [4.69, 9.17) is 5.73 Å². The van der Waals surface area contributed by atoms with E-state index < -0.39 is 0 Å². The van der Waals surface area contributed by atoms with Crippen molar-refractivity contribution in [3.05, 3.63) is 32.5 Å². The number of aromatic amines is 1. The van der Waals surface area contributed by atoms with Crippen LogP contribution in [-0.2, 0) is 5.75 Å². The molecular formula is C15H18BrN3OS. The first-order valence-electron chi connectivity index (χ1n) is 7.23. The molecule has 1 heterocycles. The normalized spacial score (nSPS) is 16.4. The third-order valence-corrected chi connectivity index (χ3v) is 5.78. The van der Waals surface area contributed by atoms with Crippen LogP contribution in [0.2, 0.25) is 0 Å². The minimum absolute atomic E-state index is 0.178. The van der Waals surface area contributed by atoms with Gasteiger partial charge in [0.2, 0.25) is 5.95 Å². The maximum atomic E-state index is 12.0. The molecule has 1 aliphatic carbocycles. The van der Waals surface area contributed by atoms with Crippen molar-refractivity contribution < 1.29 is 0 Å². The zero-order valence-corrected chi connectivity index (χ0v) is 14.1. The number of aromatic nitrogens is 2. The monoisotopic (exact) mass is 367 g/mol. The number of nitrogen functional groups attached to an aromatic ring is 1. The Morgan fingerprint density at radius 1 is 1.33 bits per heavy atom. The Hall–Kier alpha value is -1.01. The van der Waals surface area contributed by atoms with E-state index in [-0.39, 0.29) is 11.5 Å². The molecule has 0 saturated heterocycles. The number of rotatable bonds is 3. The van der Waals surface area contributed by atoms with Crippen molar-refractivity contribution in [2.24, 2.45) is 0 Å². The van der Waals surface area contributed by atoms with Gasteiger partial charge >= 0.3 is 0 Å². The molecule has 1 fully saturated rings. The van der Waals surface area contributed by atoms with Crippen LogP contribution in [0.1, 0.15) is 37.7 Å². The summed E-state index contributed by atoms with van der Waals surface area (Å²) < 4.78 is 0.909. The first kappa shape index (κ1) is 14.9. The fourth-order valence-corrected chi connectivity index (χ4v) is 4.65. The highest BCUT2D eigenvalue weighted by Gasteiger charge is 2.15. The quantitative estimate of drug-likeness (QED) is 0.864. The van der Waals surface area contributed by atoms with Crippen molar-refractivity contribution in [2.75, 3.05) is 5.73 Å². The summed E-state index contributed by atoms with van der Waals surface area (Å²) in [5.41, 5.74) is 7.31. The second kappa shape index (κ2) is 6.40. The Labute approximate surface area is 136 Å². The molecule has 0 unspecified atom stereocenters. The van der Waals surface area contributed by atoms with Gasteiger partial charge in [0, 0.05) is 15.5 Å². The molecule has 0 radical (unpaired) electrons. The molecule has 0 atom stereocenters. The summed E-state index contributed by atoms with van der Waals surface area (Å²) in [5, 5.41) is 1.32. The number of fused-ring (bicyclic) bond motifs is 1. The Balaban J connectivity index is 1.91. The minimum Gasteiger partial charge on any atom is -0.369 e. The van der Waals surface area contributed by atoms with Crippen LogP contribution in [0.25, 0.3) is 10.9 Å².